The van der Waals surface area contributed by atoms with Crippen molar-refractivity contribution < 1.29 is 13.6 Å². The number of para-hydroxylation sites is 2. The van der Waals surface area contributed by atoms with Crippen LogP contribution in [0.25, 0.3) is 50.3 Å². The van der Waals surface area contributed by atoms with Crippen molar-refractivity contribution >= 4 is 50.7 Å². The fourth-order valence-electron chi connectivity index (χ4n) is 5.92. The highest BCUT2D eigenvalue weighted by molar-refractivity contribution is 5.97. The monoisotopic (exact) mass is 672 g/mol. The molecule has 4 heterocycles. The van der Waals surface area contributed by atoms with Crippen LogP contribution in [-0.4, -0.2) is 74.5 Å². The van der Waals surface area contributed by atoms with Crippen molar-refractivity contribution in [1.82, 2.24) is 34.4 Å². The van der Waals surface area contributed by atoms with E-state index in [0.717, 1.165) is 42.1 Å². The number of hydrogen-bond acceptors (Lipinski definition) is 8. The summed E-state index contributed by atoms with van der Waals surface area (Å²) in [7, 11) is 5.97. The van der Waals surface area contributed by atoms with Gasteiger partial charge in [-0.3, -0.25) is 9.36 Å². The lowest BCUT2D eigenvalue weighted by atomic mass is 10.1. The molecular formula is C37H34F2N10O. The van der Waals surface area contributed by atoms with Gasteiger partial charge in [-0.05, 0) is 44.4 Å². The molecule has 0 bridgehead atoms. The van der Waals surface area contributed by atoms with Gasteiger partial charge in [0.15, 0.2) is 11.6 Å². The number of aromatic nitrogens is 6. The maximum atomic E-state index is 15.6. The predicted molar refractivity (Wildman–Crippen MR) is 193 cm³/mol. The number of carbonyl (C=O) groups excluding carboxylic acids is 1. The second-order valence-electron chi connectivity index (χ2n) is 12.2. The number of hydrogen-bond donors (Lipinski definition) is 3. The van der Waals surface area contributed by atoms with Crippen molar-refractivity contribution in [3.8, 4) is 28.5 Å². The van der Waals surface area contributed by atoms with Gasteiger partial charge in [0.1, 0.15) is 11.4 Å². The summed E-state index contributed by atoms with van der Waals surface area (Å²) in [4.78, 5) is 37.1. The quantitative estimate of drug-likeness (QED) is 0.142. The van der Waals surface area contributed by atoms with Crippen LogP contribution in [0.5, 0.6) is 0 Å². The predicted octanol–water partition coefficient (Wildman–Crippen LogP) is 7.00. The van der Waals surface area contributed by atoms with E-state index < -0.39 is 11.6 Å². The average Bonchev–Trinajstić information content (AvgIpc) is 3.70. The van der Waals surface area contributed by atoms with Gasteiger partial charge in [-0.25, -0.2) is 28.7 Å². The Hall–Kier alpha value is -6.21. The van der Waals surface area contributed by atoms with E-state index in [1.54, 1.807) is 23.0 Å². The number of carbonyl (C=O) groups is 1. The van der Waals surface area contributed by atoms with Crippen LogP contribution in [0.2, 0.25) is 0 Å². The number of aromatic amines is 1. The molecular weight excluding hydrogens is 638 g/mol. The van der Waals surface area contributed by atoms with Gasteiger partial charge in [0.2, 0.25) is 17.8 Å². The van der Waals surface area contributed by atoms with Crippen LogP contribution >= 0.6 is 0 Å². The number of fused-ring (bicyclic) bond motifs is 2. The van der Waals surface area contributed by atoms with Gasteiger partial charge in [-0.1, -0.05) is 36.4 Å². The lowest BCUT2D eigenvalue weighted by Gasteiger charge is -2.24. The Morgan fingerprint density at radius 1 is 0.860 bits per heavy atom. The topological polar surface area (TPSA) is 120 Å². The minimum absolute atomic E-state index is 0.0542. The summed E-state index contributed by atoms with van der Waals surface area (Å²) in [5.41, 5.74) is 4.86. The summed E-state index contributed by atoms with van der Waals surface area (Å²) in [6.07, 6.45) is 5.67. The first-order valence-electron chi connectivity index (χ1n) is 15.9. The van der Waals surface area contributed by atoms with E-state index in [2.05, 4.69) is 45.4 Å². The lowest BCUT2D eigenvalue weighted by Crippen LogP contribution is -2.29. The Bertz CT molecular complexity index is 2370. The van der Waals surface area contributed by atoms with Crippen molar-refractivity contribution in [3.63, 3.8) is 0 Å². The molecule has 0 aliphatic carbocycles. The highest BCUT2D eigenvalue weighted by Crippen LogP contribution is 2.35. The summed E-state index contributed by atoms with van der Waals surface area (Å²) in [6.45, 7) is 3.03. The first-order chi connectivity index (χ1) is 24.2. The molecule has 0 spiro atoms. The van der Waals surface area contributed by atoms with Crippen LogP contribution in [0.1, 0.15) is 6.92 Å². The zero-order chi connectivity index (χ0) is 34.9. The highest BCUT2D eigenvalue weighted by Gasteiger charge is 2.21. The number of benzene rings is 3. The maximum absolute atomic E-state index is 15.6. The van der Waals surface area contributed by atoms with Gasteiger partial charge in [0.05, 0.1) is 29.3 Å². The number of halogens is 2. The molecule has 0 fully saturated rings. The van der Waals surface area contributed by atoms with E-state index >= 15 is 8.78 Å². The molecule has 0 unspecified atom stereocenters. The summed E-state index contributed by atoms with van der Waals surface area (Å²) >= 11 is 0. The molecule has 252 valence electrons. The summed E-state index contributed by atoms with van der Waals surface area (Å²) in [5.74, 6) is -1.04. The normalized spacial score (nSPS) is 11.4. The van der Waals surface area contributed by atoms with Crippen molar-refractivity contribution in [1.29, 1.82) is 0 Å². The first kappa shape index (κ1) is 32.3. The summed E-state index contributed by atoms with van der Waals surface area (Å²) in [5, 5.41) is 7.58. The number of likely N-dealkylation sites (N-methyl/N-ethyl adjacent to an activating group) is 2. The minimum Gasteiger partial charge on any atom is -0.372 e. The molecule has 7 aromatic rings. The second-order valence-corrected chi connectivity index (χ2v) is 12.2. The van der Waals surface area contributed by atoms with E-state index in [0.29, 0.717) is 33.4 Å². The van der Waals surface area contributed by atoms with Crippen molar-refractivity contribution in [2.75, 3.05) is 49.8 Å². The summed E-state index contributed by atoms with van der Waals surface area (Å²) in [6, 6.07) is 20.5. The number of rotatable bonds is 10. The molecule has 0 saturated heterocycles. The Morgan fingerprint density at radius 3 is 2.36 bits per heavy atom. The molecule has 50 heavy (non-hydrogen) atoms. The third-order valence-corrected chi connectivity index (χ3v) is 8.36. The van der Waals surface area contributed by atoms with Gasteiger partial charge in [0.25, 0.3) is 0 Å². The van der Waals surface area contributed by atoms with E-state index in [9.17, 15) is 4.79 Å². The standard InChI is InChI=1S/C37H34F2N10O/c1-22(50)43-31-17-23(13-14-33(31)48(4)16-15-47(2)3)44-36-41-19-28(38)35(45-36)27-21-49(32-12-8-6-10-25(27)32)37-42-20-29(39)34(46-37)26-18-40-30-11-7-5-9-24(26)30/h5-14,17-21,40H,15-16H2,1-4H3,(H,43,50)(H,41,44,45). The molecule has 0 atom stereocenters. The average molecular weight is 673 g/mol. The number of anilines is 4. The molecule has 0 aliphatic rings. The van der Waals surface area contributed by atoms with Crippen molar-refractivity contribution in [2.24, 2.45) is 0 Å². The first-order valence-corrected chi connectivity index (χ1v) is 15.9. The third kappa shape index (κ3) is 6.33. The third-order valence-electron chi connectivity index (χ3n) is 8.36. The zero-order valence-electron chi connectivity index (χ0n) is 27.9. The van der Waals surface area contributed by atoms with Crippen LogP contribution in [-0.2, 0) is 4.79 Å². The SMILES string of the molecule is CC(=O)Nc1cc(Nc2ncc(F)c(-c3cn(-c4ncc(F)c(-c5c[nH]c6ccccc56)n4)c4ccccc34)n2)ccc1N(C)CCN(C)C. The van der Waals surface area contributed by atoms with Gasteiger partial charge >= 0.3 is 0 Å². The molecule has 3 N–H and O–H groups in total. The van der Waals surface area contributed by atoms with Crippen LogP contribution < -0.4 is 15.5 Å². The van der Waals surface area contributed by atoms with Crippen LogP contribution in [0.3, 0.4) is 0 Å². The number of H-pyrrole nitrogens is 1. The maximum Gasteiger partial charge on any atom is 0.234 e. The van der Waals surface area contributed by atoms with E-state index in [1.165, 1.54) is 6.92 Å². The Kier molecular flexibility index (Phi) is 8.64. The molecule has 3 aromatic carbocycles. The highest BCUT2D eigenvalue weighted by atomic mass is 19.1. The van der Waals surface area contributed by atoms with E-state index in [4.69, 9.17) is 0 Å². The van der Waals surface area contributed by atoms with Crippen LogP contribution in [0.4, 0.5) is 31.8 Å². The molecule has 0 saturated carbocycles. The van der Waals surface area contributed by atoms with Gasteiger partial charge in [0, 0.05) is 72.6 Å². The molecule has 7 rings (SSSR count). The van der Waals surface area contributed by atoms with Gasteiger partial charge in [-0.2, -0.15) is 0 Å². The fraction of sp³-hybridized carbons (Fsp3) is 0.162. The zero-order valence-corrected chi connectivity index (χ0v) is 27.9. The Labute approximate surface area is 286 Å². The minimum atomic E-state index is -0.630. The number of nitrogens with one attached hydrogen (secondary N) is 3. The van der Waals surface area contributed by atoms with E-state index in [-0.39, 0.29) is 29.2 Å². The lowest BCUT2D eigenvalue weighted by molar-refractivity contribution is -0.114. The number of amides is 1. The molecule has 0 aliphatic heterocycles. The van der Waals surface area contributed by atoms with Crippen LogP contribution in [0.15, 0.2) is 91.5 Å². The molecule has 1 amide bonds. The van der Waals surface area contributed by atoms with Gasteiger partial charge in [-0.15, -0.1) is 0 Å². The molecule has 4 aromatic heterocycles. The molecule has 0 radical (unpaired) electrons. The number of nitrogens with zero attached hydrogens (tertiary/aromatic N) is 7. The van der Waals surface area contributed by atoms with Crippen molar-refractivity contribution in [3.05, 3.63) is 103 Å². The molecule has 13 heteroatoms. The Balaban J connectivity index is 1.25. The second kappa shape index (κ2) is 13.4. The van der Waals surface area contributed by atoms with Crippen molar-refractivity contribution in [2.45, 2.75) is 6.92 Å². The summed E-state index contributed by atoms with van der Waals surface area (Å²) < 4.78 is 32.5. The largest absolute Gasteiger partial charge is 0.372 e. The molecule has 11 nitrogen and oxygen atoms in total. The fourth-order valence-corrected chi connectivity index (χ4v) is 5.92. The smallest absolute Gasteiger partial charge is 0.234 e. The van der Waals surface area contributed by atoms with E-state index in [1.807, 2.05) is 81.8 Å². The van der Waals surface area contributed by atoms with Gasteiger partial charge < -0.3 is 25.4 Å². The van der Waals surface area contributed by atoms with Crippen LogP contribution in [0, 0.1) is 11.6 Å². The Morgan fingerprint density at radius 2 is 1.58 bits per heavy atom.